The number of para-hydroxylation sites is 1. The minimum absolute atomic E-state index is 0.672. The summed E-state index contributed by atoms with van der Waals surface area (Å²) in [6, 6.07) is 14.9. The molecule has 0 saturated carbocycles. The Balaban J connectivity index is 2.12. The van der Waals surface area contributed by atoms with E-state index in [2.05, 4.69) is 59.6 Å². The van der Waals surface area contributed by atoms with Gasteiger partial charge in [0, 0.05) is 27.7 Å². The summed E-state index contributed by atoms with van der Waals surface area (Å²) in [6.07, 6.45) is 5.15. The van der Waals surface area contributed by atoms with Gasteiger partial charge in [-0.05, 0) is 30.2 Å². The van der Waals surface area contributed by atoms with E-state index in [-0.39, 0.29) is 0 Å². The number of alkyl halides is 1. The first kappa shape index (κ1) is 11.4. The lowest BCUT2D eigenvalue weighted by Gasteiger charge is -1.95. The van der Waals surface area contributed by atoms with Crippen LogP contribution in [0.2, 0.25) is 0 Å². The highest BCUT2D eigenvalue weighted by Gasteiger charge is 2.02. The van der Waals surface area contributed by atoms with E-state index in [4.69, 9.17) is 11.6 Å². The molecule has 0 bridgehead atoms. The number of allylic oxidation sites excluding steroid dienone is 1. The highest BCUT2D eigenvalue weighted by atomic mass is 35.5. The molecular weight excluding hydrogens is 242 g/mol. The Kier molecular flexibility index (Phi) is 3.07. The normalized spacial score (nSPS) is 11.8. The minimum atomic E-state index is 0.672. The van der Waals surface area contributed by atoms with Crippen molar-refractivity contribution in [1.29, 1.82) is 0 Å². The molecule has 90 valence electrons. The molecule has 2 heteroatoms. The summed E-state index contributed by atoms with van der Waals surface area (Å²) in [5.74, 6) is 0.672. The highest BCUT2D eigenvalue weighted by molar-refractivity contribution is 6.18. The molecule has 1 heterocycles. The Morgan fingerprint density at radius 3 is 2.72 bits per heavy atom. The second-order valence-corrected chi connectivity index (χ2v) is 4.73. The molecule has 2 aromatic carbocycles. The van der Waals surface area contributed by atoms with Crippen molar-refractivity contribution >= 4 is 39.5 Å². The van der Waals surface area contributed by atoms with Crippen molar-refractivity contribution < 1.29 is 0 Å². The van der Waals surface area contributed by atoms with Gasteiger partial charge in [-0.25, -0.2) is 0 Å². The van der Waals surface area contributed by atoms with E-state index in [1.807, 2.05) is 0 Å². The third-order valence-electron chi connectivity index (χ3n) is 3.12. The first-order valence-electron chi connectivity index (χ1n) is 6.11. The maximum Gasteiger partial charge on any atom is 0.0465 e. The number of aromatic nitrogens is 1. The molecule has 1 N–H and O–H groups in total. The number of halogens is 1. The molecule has 0 aliphatic carbocycles. The first-order valence-corrected chi connectivity index (χ1v) is 6.65. The predicted octanol–water partition coefficient (Wildman–Crippen LogP) is 4.96. The van der Waals surface area contributed by atoms with E-state index in [0.717, 1.165) is 6.42 Å². The van der Waals surface area contributed by atoms with Gasteiger partial charge in [-0.3, -0.25) is 0 Å². The van der Waals surface area contributed by atoms with Crippen molar-refractivity contribution in [2.45, 2.75) is 6.42 Å². The molecular formula is C16H14ClN. The van der Waals surface area contributed by atoms with E-state index in [1.165, 1.54) is 27.4 Å². The van der Waals surface area contributed by atoms with Gasteiger partial charge >= 0.3 is 0 Å². The number of fused-ring (bicyclic) bond motifs is 3. The third kappa shape index (κ3) is 2.02. The monoisotopic (exact) mass is 255 g/mol. The molecule has 0 aliphatic heterocycles. The van der Waals surface area contributed by atoms with Crippen LogP contribution >= 0.6 is 11.6 Å². The molecule has 1 nitrogen and oxygen atoms in total. The lowest BCUT2D eigenvalue weighted by Crippen LogP contribution is -1.73. The number of aromatic amines is 1. The minimum Gasteiger partial charge on any atom is -0.355 e. The lowest BCUT2D eigenvalue weighted by molar-refractivity contribution is 1.24. The zero-order chi connectivity index (χ0) is 12.4. The predicted molar refractivity (Wildman–Crippen MR) is 80.2 cm³/mol. The topological polar surface area (TPSA) is 15.8 Å². The van der Waals surface area contributed by atoms with Crippen LogP contribution in [0, 0.1) is 0 Å². The Hall–Kier alpha value is -1.73. The number of hydrogen-bond acceptors (Lipinski definition) is 0. The fourth-order valence-corrected chi connectivity index (χ4v) is 2.38. The molecule has 0 aliphatic rings. The van der Waals surface area contributed by atoms with Gasteiger partial charge in [0.2, 0.25) is 0 Å². The molecule has 0 saturated heterocycles. The second kappa shape index (κ2) is 4.87. The van der Waals surface area contributed by atoms with Crippen LogP contribution in [0.5, 0.6) is 0 Å². The Morgan fingerprint density at radius 2 is 1.83 bits per heavy atom. The summed E-state index contributed by atoms with van der Waals surface area (Å²) in [5.41, 5.74) is 3.59. The number of nitrogens with one attached hydrogen (secondary N) is 1. The Bertz CT molecular complexity index is 709. The van der Waals surface area contributed by atoms with Crippen molar-refractivity contribution in [2.75, 3.05) is 5.88 Å². The number of rotatable bonds is 3. The van der Waals surface area contributed by atoms with Crippen LogP contribution in [-0.4, -0.2) is 10.9 Å². The van der Waals surface area contributed by atoms with Crippen LogP contribution in [0.3, 0.4) is 0 Å². The molecule has 3 rings (SSSR count). The van der Waals surface area contributed by atoms with Gasteiger partial charge in [-0.1, -0.05) is 36.4 Å². The average Bonchev–Trinajstić information content (AvgIpc) is 2.77. The van der Waals surface area contributed by atoms with Gasteiger partial charge in [0.1, 0.15) is 0 Å². The lowest BCUT2D eigenvalue weighted by atomic mass is 10.1. The smallest absolute Gasteiger partial charge is 0.0465 e. The van der Waals surface area contributed by atoms with E-state index in [0.29, 0.717) is 5.88 Å². The molecule has 0 atom stereocenters. The second-order valence-electron chi connectivity index (χ2n) is 4.36. The molecule has 0 fully saturated rings. The summed E-state index contributed by atoms with van der Waals surface area (Å²) >= 11 is 5.67. The zero-order valence-corrected chi connectivity index (χ0v) is 10.7. The van der Waals surface area contributed by atoms with E-state index in [9.17, 15) is 0 Å². The number of H-pyrrole nitrogens is 1. The average molecular weight is 256 g/mol. The summed E-state index contributed by atoms with van der Waals surface area (Å²) in [6.45, 7) is 0. The Labute approximate surface area is 111 Å². The summed E-state index contributed by atoms with van der Waals surface area (Å²) in [4.78, 5) is 3.43. The fourth-order valence-electron chi connectivity index (χ4n) is 2.25. The van der Waals surface area contributed by atoms with Crippen molar-refractivity contribution in [3.63, 3.8) is 0 Å². The van der Waals surface area contributed by atoms with Crippen LogP contribution in [0.15, 0.2) is 48.5 Å². The van der Waals surface area contributed by atoms with Crippen LogP contribution in [0.4, 0.5) is 0 Å². The van der Waals surface area contributed by atoms with Gasteiger partial charge < -0.3 is 4.98 Å². The van der Waals surface area contributed by atoms with Gasteiger partial charge in [0.15, 0.2) is 0 Å². The van der Waals surface area contributed by atoms with Crippen LogP contribution in [0.25, 0.3) is 27.9 Å². The van der Waals surface area contributed by atoms with Gasteiger partial charge in [-0.15, -0.1) is 11.6 Å². The van der Waals surface area contributed by atoms with Gasteiger partial charge in [0.25, 0.3) is 0 Å². The first-order chi connectivity index (χ1) is 8.88. The molecule has 0 spiro atoms. The standard InChI is InChI=1S/C16H14ClN/c17-10-4-3-5-12-8-9-16-14(11-12)13-6-1-2-7-15(13)18-16/h1-3,5-9,11,18H,4,10H2. The van der Waals surface area contributed by atoms with Crippen molar-refractivity contribution in [1.82, 2.24) is 4.98 Å². The summed E-state index contributed by atoms with van der Waals surface area (Å²) in [5, 5.41) is 2.55. The highest BCUT2D eigenvalue weighted by Crippen LogP contribution is 2.26. The maximum absolute atomic E-state index is 5.67. The Morgan fingerprint density at radius 1 is 1.00 bits per heavy atom. The summed E-state index contributed by atoms with van der Waals surface area (Å²) in [7, 11) is 0. The van der Waals surface area contributed by atoms with E-state index in [1.54, 1.807) is 0 Å². The van der Waals surface area contributed by atoms with Crippen LogP contribution in [0.1, 0.15) is 12.0 Å². The van der Waals surface area contributed by atoms with Gasteiger partial charge in [0.05, 0.1) is 0 Å². The zero-order valence-electron chi connectivity index (χ0n) is 9.99. The molecule has 0 unspecified atom stereocenters. The molecule has 0 amide bonds. The van der Waals surface area contributed by atoms with Crippen LogP contribution < -0.4 is 0 Å². The molecule has 0 radical (unpaired) electrons. The number of benzene rings is 2. The maximum atomic E-state index is 5.67. The van der Waals surface area contributed by atoms with Crippen LogP contribution in [-0.2, 0) is 0 Å². The van der Waals surface area contributed by atoms with Crippen molar-refractivity contribution in [3.05, 3.63) is 54.1 Å². The summed E-state index contributed by atoms with van der Waals surface area (Å²) < 4.78 is 0. The number of hydrogen-bond donors (Lipinski definition) is 1. The third-order valence-corrected chi connectivity index (χ3v) is 3.33. The van der Waals surface area contributed by atoms with Gasteiger partial charge in [-0.2, -0.15) is 0 Å². The quantitative estimate of drug-likeness (QED) is 0.637. The molecule has 18 heavy (non-hydrogen) atoms. The molecule has 3 aromatic rings. The SMILES string of the molecule is ClCCC=Cc1ccc2[nH]c3ccccc3c2c1. The van der Waals surface area contributed by atoms with E-state index < -0.39 is 0 Å². The largest absolute Gasteiger partial charge is 0.355 e. The van der Waals surface area contributed by atoms with E-state index >= 15 is 0 Å². The fraction of sp³-hybridized carbons (Fsp3) is 0.125. The van der Waals surface area contributed by atoms with Crippen molar-refractivity contribution in [2.24, 2.45) is 0 Å². The van der Waals surface area contributed by atoms with Crippen molar-refractivity contribution in [3.8, 4) is 0 Å². The molecule has 1 aromatic heterocycles.